The van der Waals surface area contributed by atoms with Crippen LogP contribution in [0, 0.1) is 5.92 Å². The zero-order chi connectivity index (χ0) is 15.5. The molecule has 1 saturated carbocycles. The maximum atomic E-state index is 10.4. The van der Waals surface area contributed by atoms with Crippen molar-refractivity contribution >= 4 is 0 Å². The normalized spacial score (nSPS) is 29.3. The van der Waals surface area contributed by atoms with Gasteiger partial charge < -0.3 is 9.84 Å². The number of benzene rings is 1. The van der Waals surface area contributed by atoms with Crippen molar-refractivity contribution in [2.45, 2.75) is 44.1 Å². The van der Waals surface area contributed by atoms with Crippen LogP contribution in [0.5, 0.6) is 5.75 Å². The second-order valence-electron chi connectivity index (χ2n) is 5.12. The van der Waals surface area contributed by atoms with Crippen molar-refractivity contribution in [3.63, 3.8) is 0 Å². The van der Waals surface area contributed by atoms with Gasteiger partial charge >= 0.3 is 0 Å². The fourth-order valence-corrected chi connectivity index (χ4v) is 3.10. The topological polar surface area (TPSA) is 29.5 Å². The van der Waals surface area contributed by atoms with E-state index in [0.29, 0.717) is 6.42 Å². The summed E-state index contributed by atoms with van der Waals surface area (Å²) in [5.41, 5.74) is 1.07. The minimum Gasteiger partial charge on any atom is -0.496 e. The maximum absolute atomic E-state index is 10.4. The summed E-state index contributed by atoms with van der Waals surface area (Å²) in [4.78, 5) is 0. The minimum absolute atomic E-state index is 0.108. The quantitative estimate of drug-likeness (QED) is 0.815. The lowest BCUT2D eigenvalue weighted by atomic mass is 9.71. The first-order chi connectivity index (χ1) is 9.98. The lowest BCUT2D eigenvalue weighted by Gasteiger charge is -2.36. The van der Waals surface area contributed by atoms with Crippen LogP contribution in [0.3, 0.4) is 0 Å². The molecule has 19 heavy (non-hydrogen) atoms. The van der Waals surface area contributed by atoms with E-state index in [1.54, 1.807) is 7.11 Å². The zero-order valence-electron chi connectivity index (χ0n) is 13.5. The largest absolute Gasteiger partial charge is 0.496 e. The molecule has 0 aromatic heterocycles. The molecular formula is C17H24O2. The standard InChI is InChI=1S/C17H24O2/c1-3-4-8-14-13(10-7-11-16(14)18)15-9-5-6-12-17(15)19-2/h3,5-6,9,12-14,16,18H,1,4,7-8,10-11H2,2H3/t13-,14+,16-/m0/s1/i4D2. The Morgan fingerprint density at radius 2 is 2.26 bits per heavy atom. The molecule has 0 unspecified atom stereocenters. The number of para-hydroxylation sites is 1. The van der Waals surface area contributed by atoms with Gasteiger partial charge in [0.15, 0.2) is 0 Å². The molecule has 0 radical (unpaired) electrons. The van der Waals surface area contributed by atoms with Crippen LogP contribution in [-0.2, 0) is 0 Å². The molecule has 0 spiro atoms. The van der Waals surface area contributed by atoms with Gasteiger partial charge in [-0.25, -0.2) is 0 Å². The Hall–Kier alpha value is -1.28. The minimum atomic E-state index is -1.46. The molecule has 0 amide bonds. The summed E-state index contributed by atoms with van der Waals surface area (Å²) >= 11 is 0. The zero-order valence-corrected chi connectivity index (χ0v) is 11.5. The number of hydrogen-bond donors (Lipinski definition) is 1. The lowest BCUT2D eigenvalue weighted by molar-refractivity contribution is 0.0510. The highest BCUT2D eigenvalue weighted by Crippen LogP contribution is 2.43. The van der Waals surface area contributed by atoms with Crippen LogP contribution >= 0.6 is 0 Å². The van der Waals surface area contributed by atoms with Crippen LogP contribution in [0.15, 0.2) is 36.9 Å². The average Bonchev–Trinajstić information content (AvgIpc) is 2.49. The van der Waals surface area contributed by atoms with Gasteiger partial charge in [-0.3, -0.25) is 0 Å². The van der Waals surface area contributed by atoms with Crippen LogP contribution in [-0.4, -0.2) is 18.3 Å². The Labute approximate surface area is 118 Å². The molecule has 1 fully saturated rings. The summed E-state index contributed by atoms with van der Waals surface area (Å²) in [6, 6.07) is 7.85. The second-order valence-corrected chi connectivity index (χ2v) is 5.12. The Kier molecular flexibility index (Phi) is 4.11. The average molecular weight is 262 g/mol. The van der Waals surface area contributed by atoms with Crippen molar-refractivity contribution in [2.75, 3.05) is 7.11 Å². The Morgan fingerprint density at radius 1 is 1.47 bits per heavy atom. The van der Waals surface area contributed by atoms with Gasteiger partial charge in [0.25, 0.3) is 0 Å². The van der Waals surface area contributed by atoms with Crippen LogP contribution in [0.4, 0.5) is 0 Å². The highest BCUT2D eigenvalue weighted by Gasteiger charge is 2.33. The van der Waals surface area contributed by atoms with E-state index in [2.05, 4.69) is 6.58 Å². The summed E-state index contributed by atoms with van der Waals surface area (Å²) in [6.45, 7) is 3.57. The van der Waals surface area contributed by atoms with E-state index < -0.39 is 12.5 Å². The number of ether oxygens (including phenoxy) is 1. The van der Waals surface area contributed by atoms with Gasteiger partial charge in [0, 0.05) is 2.74 Å². The van der Waals surface area contributed by atoms with Gasteiger partial charge in [0.2, 0.25) is 0 Å². The molecule has 2 rings (SSSR count). The predicted octanol–water partition coefficient (Wildman–Crippen LogP) is 3.91. The highest BCUT2D eigenvalue weighted by molar-refractivity contribution is 5.37. The molecule has 1 aliphatic rings. The summed E-state index contributed by atoms with van der Waals surface area (Å²) in [7, 11) is 1.65. The second kappa shape index (κ2) is 6.76. The molecular weight excluding hydrogens is 236 g/mol. The van der Waals surface area contributed by atoms with Crippen LogP contribution in [0.1, 0.15) is 46.3 Å². The molecule has 2 nitrogen and oxygen atoms in total. The molecule has 1 N–H and O–H groups in total. The fourth-order valence-electron chi connectivity index (χ4n) is 3.10. The number of methoxy groups -OCH3 is 1. The van der Waals surface area contributed by atoms with E-state index in [4.69, 9.17) is 7.48 Å². The Bertz CT molecular complexity index is 487. The summed E-state index contributed by atoms with van der Waals surface area (Å²) in [6.07, 6.45) is 2.36. The SMILES string of the molecule is [2H]C([2H])(C=C)C[C@@H]1[C@@H](c2ccccc2OC)CCC[C@@H]1O. The molecule has 0 aliphatic heterocycles. The fraction of sp³-hybridized carbons (Fsp3) is 0.529. The van der Waals surface area contributed by atoms with Gasteiger partial charge in [-0.1, -0.05) is 30.7 Å². The van der Waals surface area contributed by atoms with E-state index in [1.807, 2.05) is 24.3 Å². The Morgan fingerprint density at radius 3 is 3.00 bits per heavy atom. The van der Waals surface area contributed by atoms with Gasteiger partial charge in [-0.15, -0.1) is 6.58 Å². The van der Waals surface area contributed by atoms with E-state index in [-0.39, 0.29) is 11.8 Å². The van der Waals surface area contributed by atoms with Crippen molar-refractivity contribution in [3.05, 3.63) is 42.5 Å². The van der Waals surface area contributed by atoms with Gasteiger partial charge in [0.1, 0.15) is 5.75 Å². The summed E-state index contributed by atoms with van der Waals surface area (Å²) in [5.74, 6) is 0.837. The third kappa shape index (κ3) is 3.19. The number of allylic oxidation sites excluding steroid dienone is 1. The summed E-state index contributed by atoms with van der Waals surface area (Å²) < 4.78 is 21.4. The van der Waals surface area contributed by atoms with Gasteiger partial charge in [-0.2, -0.15) is 0 Å². The molecule has 0 bridgehead atoms. The molecule has 1 aromatic rings. The first kappa shape index (κ1) is 11.5. The third-order valence-corrected chi connectivity index (χ3v) is 4.06. The number of rotatable bonds is 5. The van der Waals surface area contributed by atoms with Crippen molar-refractivity contribution in [1.29, 1.82) is 0 Å². The van der Waals surface area contributed by atoms with Gasteiger partial charge in [0.05, 0.1) is 13.2 Å². The number of aliphatic hydroxyl groups is 1. The first-order valence-corrected chi connectivity index (χ1v) is 6.93. The van der Waals surface area contributed by atoms with E-state index in [9.17, 15) is 5.11 Å². The van der Waals surface area contributed by atoms with Crippen molar-refractivity contribution in [3.8, 4) is 5.75 Å². The van der Waals surface area contributed by atoms with E-state index in [0.717, 1.165) is 30.6 Å². The van der Waals surface area contributed by atoms with Crippen LogP contribution in [0.25, 0.3) is 0 Å². The highest BCUT2D eigenvalue weighted by atomic mass is 16.5. The van der Waals surface area contributed by atoms with E-state index in [1.165, 1.54) is 6.08 Å². The summed E-state index contributed by atoms with van der Waals surface area (Å²) in [5, 5.41) is 10.4. The van der Waals surface area contributed by atoms with Crippen LogP contribution < -0.4 is 4.74 Å². The smallest absolute Gasteiger partial charge is 0.122 e. The number of aliphatic hydroxyl groups excluding tert-OH is 1. The van der Waals surface area contributed by atoms with E-state index >= 15 is 0 Å². The number of hydrogen-bond acceptors (Lipinski definition) is 2. The molecule has 1 aliphatic carbocycles. The molecule has 1 aromatic carbocycles. The molecule has 104 valence electrons. The monoisotopic (exact) mass is 262 g/mol. The Balaban J connectivity index is 2.32. The maximum Gasteiger partial charge on any atom is 0.122 e. The van der Waals surface area contributed by atoms with Crippen LogP contribution in [0.2, 0.25) is 0 Å². The molecule has 0 saturated heterocycles. The predicted molar refractivity (Wildman–Crippen MR) is 78.5 cm³/mol. The third-order valence-electron chi connectivity index (χ3n) is 4.06. The van der Waals surface area contributed by atoms with Crippen molar-refractivity contribution in [1.82, 2.24) is 0 Å². The van der Waals surface area contributed by atoms with Crippen molar-refractivity contribution < 1.29 is 12.6 Å². The van der Waals surface area contributed by atoms with Gasteiger partial charge in [-0.05, 0) is 49.1 Å². The van der Waals surface area contributed by atoms with Crippen molar-refractivity contribution in [2.24, 2.45) is 5.92 Å². The first-order valence-electron chi connectivity index (χ1n) is 7.93. The molecule has 3 atom stereocenters. The lowest BCUT2D eigenvalue weighted by Crippen LogP contribution is -2.31. The molecule has 2 heteroatoms. The molecule has 0 heterocycles.